The van der Waals surface area contributed by atoms with Crippen LogP contribution in [0.1, 0.15) is 11.4 Å². The third-order valence-electron chi connectivity index (χ3n) is 3.72. The van der Waals surface area contributed by atoms with E-state index in [-0.39, 0.29) is 0 Å². The van der Waals surface area contributed by atoms with Crippen molar-refractivity contribution >= 4 is 38.1 Å². The van der Waals surface area contributed by atoms with Crippen LogP contribution in [0.25, 0.3) is 11.3 Å². The molecule has 0 fully saturated rings. The lowest BCUT2D eigenvalue weighted by atomic mass is 10.1. The molecule has 0 saturated heterocycles. The molecule has 0 unspecified atom stereocenters. The molecule has 3 heterocycles. The summed E-state index contributed by atoms with van der Waals surface area (Å²) in [5.41, 5.74) is 7.16. The molecule has 7 heteroatoms. The zero-order chi connectivity index (χ0) is 18.5. The minimum Gasteiger partial charge on any atom is -0.254 e. The molecule has 5 nitrogen and oxygen atoms in total. The van der Waals surface area contributed by atoms with Crippen LogP contribution in [-0.4, -0.2) is 20.7 Å². The van der Waals surface area contributed by atoms with Gasteiger partial charge >= 0.3 is 0 Å². The number of rotatable bonds is 5. The van der Waals surface area contributed by atoms with Crippen molar-refractivity contribution in [2.24, 2.45) is 5.10 Å². The summed E-state index contributed by atoms with van der Waals surface area (Å²) in [5.74, 6) is 0. The first-order valence-corrected chi connectivity index (χ1v) is 9.85. The third-order valence-corrected chi connectivity index (χ3v) is 5.00. The summed E-state index contributed by atoms with van der Waals surface area (Å²) >= 11 is 4.95. The average molecular weight is 436 g/mol. The van der Waals surface area contributed by atoms with Gasteiger partial charge in [-0.05, 0) is 36.4 Å². The number of pyridine rings is 2. The molecular formula is C20H14BrN5S. The highest BCUT2D eigenvalue weighted by Gasteiger charge is 2.10. The van der Waals surface area contributed by atoms with Crippen molar-refractivity contribution in [2.45, 2.75) is 0 Å². The Balaban J connectivity index is 1.62. The Bertz CT molecular complexity index is 1010. The molecule has 4 aromatic rings. The summed E-state index contributed by atoms with van der Waals surface area (Å²) in [4.78, 5) is 13.4. The Morgan fingerprint density at radius 2 is 1.56 bits per heavy atom. The van der Waals surface area contributed by atoms with Gasteiger partial charge in [0.15, 0.2) is 0 Å². The van der Waals surface area contributed by atoms with E-state index >= 15 is 0 Å². The van der Waals surface area contributed by atoms with E-state index in [2.05, 4.69) is 41.4 Å². The van der Waals surface area contributed by atoms with Gasteiger partial charge in [0, 0.05) is 27.8 Å². The normalized spacial score (nSPS) is 10.4. The smallest absolute Gasteiger partial charge is 0.203 e. The summed E-state index contributed by atoms with van der Waals surface area (Å²) in [7, 11) is 0. The Hall–Kier alpha value is -2.90. The fourth-order valence-electron chi connectivity index (χ4n) is 2.43. The number of aromatic nitrogens is 3. The van der Waals surface area contributed by atoms with Gasteiger partial charge in [-0.2, -0.15) is 5.10 Å². The van der Waals surface area contributed by atoms with Crippen LogP contribution in [0.5, 0.6) is 0 Å². The fourth-order valence-corrected chi connectivity index (χ4v) is 3.36. The van der Waals surface area contributed by atoms with Gasteiger partial charge in [-0.1, -0.05) is 40.2 Å². The summed E-state index contributed by atoms with van der Waals surface area (Å²) in [6.45, 7) is 0. The van der Waals surface area contributed by atoms with Gasteiger partial charge in [-0.15, -0.1) is 11.3 Å². The van der Waals surface area contributed by atoms with Crippen LogP contribution < -0.4 is 5.43 Å². The second-order valence-electron chi connectivity index (χ2n) is 5.55. The molecule has 0 saturated carbocycles. The summed E-state index contributed by atoms with van der Waals surface area (Å²) < 4.78 is 1.04. The molecule has 132 valence electrons. The van der Waals surface area contributed by atoms with Gasteiger partial charge in [0.1, 0.15) is 5.71 Å². The number of thiazole rings is 1. The first-order valence-electron chi connectivity index (χ1n) is 8.17. The van der Waals surface area contributed by atoms with Crippen LogP contribution in [-0.2, 0) is 0 Å². The molecular weight excluding hydrogens is 422 g/mol. The van der Waals surface area contributed by atoms with Crippen molar-refractivity contribution in [1.82, 2.24) is 15.0 Å². The van der Waals surface area contributed by atoms with Crippen molar-refractivity contribution < 1.29 is 0 Å². The molecule has 0 atom stereocenters. The molecule has 0 aliphatic rings. The largest absolute Gasteiger partial charge is 0.254 e. The molecule has 3 aromatic heterocycles. The van der Waals surface area contributed by atoms with E-state index in [4.69, 9.17) is 0 Å². The number of hydrogen-bond donors (Lipinski definition) is 1. The maximum Gasteiger partial charge on any atom is 0.203 e. The number of nitrogens with one attached hydrogen (secondary N) is 1. The van der Waals surface area contributed by atoms with E-state index in [1.807, 2.05) is 66.0 Å². The SMILES string of the molecule is Brc1ccc(-c2csc(NN=C(c3ccccn3)c3ccccn3)n2)cc1. The fraction of sp³-hybridized carbons (Fsp3) is 0. The minimum atomic E-state index is 0.664. The molecule has 0 aliphatic carbocycles. The number of halogens is 1. The van der Waals surface area contributed by atoms with E-state index in [1.54, 1.807) is 12.4 Å². The Labute approximate surface area is 169 Å². The zero-order valence-corrected chi connectivity index (χ0v) is 16.5. The predicted octanol–water partition coefficient (Wildman–Crippen LogP) is 5.23. The maximum atomic E-state index is 4.61. The Morgan fingerprint density at radius 3 is 2.15 bits per heavy atom. The third kappa shape index (κ3) is 4.27. The Kier molecular flexibility index (Phi) is 5.32. The van der Waals surface area contributed by atoms with Crippen molar-refractivity contribution in [3.05, 3.63) is 94.3 Å². The van der Waals surface area contributed by atoms with Crippen LogP contribution in [0.2, 0.25) is 0 Å². The lowest BCUT2D eigenvalue weighted by Gasteiger charge is -2.05. The van der Waals surface area contributed by atoms with E-state index in [0.29, 0.717) is 10.8 Å². The quantitative estimate of drug-likeness (QED) is 0.344. The average Bonchev–Trinajstić information content (AvgIpc) is 3.19. The van der Waals surface area contributed by atoms with Gasteiger partial charge < -0.3 is 0 Å². The monoisotopic (exact) mass is 435 g/mol. The summed E-state index contributed by atoms with van der Waals surface area (Å²) in [6.07, 6.45) is 3.48. The molecule has 0 bridgehead atoms. The highest BCUT2D eigenvalue weighted by molar-refractivity contribution is 9.10. The highest BCUT2D eigenvalue weighted by Crippen LogP contribution is 2.26. The van der Waals surface area contributed by atoms with Crippen molar-refractivity contribution in [2.75, 3.05) is 5.43 Å². The van der Waals surface area contributed by atoms with Crippen LogP contribution in [0, 0.1) is 0 Å². The number of anilines is 1. The van der Waals surface area contributed by atoms with Crippen LogP contribution in [0.4, 0.5) is 5.13 Å². The first kappa shape index (κ1) is 17.5. The molecule has 27 heavy (non-hydrogen) atoms. The second-order valence-corrected chi connectivity index (χ2v) is 7.32. The number of benzene rings is 1. The molecule has 0 amide bonds. The topological polar surface area (TPSA) is 63.1 Å². The second kappa shape index (κ2) is 8.20. The molecule has 1 aromatic carbocycles. The van der Waals surface area contributed by atoms with Gasteiger partial charge in [0.05, 0.1) is 17.1 Å². The van der Waals surface area contributed by atoms with Gasteiger partial charge in [0.2, 0.25) is 5.13 Å². The summed E-state index contributed by atoms with van der Waals surface area (Å²) in [6, 6.07) is 19.5. The van der Waals surface area contributed by atoms with E-state index in [1.165, 1.54) is 11.3 Å². The lowest BCUT2D eigenvalue weighted by Crippen LogP contribution is -2.10. The standard InChI is InChI=1S/C20H14BrN5S/c21-15-9-7-14(8-10-15)18-13-27-20(24-18)26-25-19(16-5-1-3-11-22-16)17-6-2-4-12-23-17/h1-13H,(H,24,26). The van der Waals surface area contributed by atoms with E-state index < -0.39 is 0 Å². The highest BCUT2D eigenvalue weighted by atomic mass is 79.9. The van der Waals surface area contributed by atoms with Crippen molar-refractivity contribution in [3.8, 4) is 11.3 Å². The van der Waals surface area contributed by atoms with Gasteiger partial charge in [-0.3, -0.25) is 15.4 Å². The van der Waals surface area contributed by atoms with Crippen LogP contribution in [0.15, 0.2) is 88.0 Å². The first-order chi connectivity index (χ1) is 13.3. The van der Waals surface area contributed by atoms with E-state index in [9.17, 15) is 0 Å². The molecule has 0 radical (unpaired) electrons. The minimum absolute atomic E-state index is 0.664. The van der Waals surface area contributed by atoms with E-state index in [0.717, 1.165) is 27.1 Å². The van der Waals surface area contributed by atoms with Crippen molar-refractivity contribution in [3.63, 3.8) is 0 Å². The van der Waals surface area contributed by atoms with Crippen LogP contribution in [0.3, 0.4) is 0 Å². The molecule has 0 spiro atoms. The molecule has 0 aliphatic heterocycles. The zero-order valence-electron chi connectivity index (χ0n) is 14.1. The predicted molar refractivity (Wildman–Crippen MR) is 113 cm³/mol. The van der Waals surface area contributed by atoms with Crippen LogP contribution >= 0.6 is 27.3 Å². The number of hydrogen-bond acceptors (Lipinski definition) is 6. The molecule has 4 rings (SSSR count). The van der Waals surface area contributed by atoms with Gasteiger partial charge in [0.25, 0.3) is 0 Å². The molecule has 1 N–H and O–H groups in total. The number of nitrogens with zero attached hydrogens (tertiary/aromatic N) is 4. The lowest BCUT2D eigenvalue weighted by molar-refractivity contribution is 1.21. The number of hydrazone groups is 1. The summed E-state index contributed by atoms with van der Waals surface area (Å²) in [5, 5.41) is 7.25. The van der Waals surface area contributed by atoms with Gasteiger partial charge in [-0.25, -0.2) is 4.98 Å². The maximum absolute atomic E-state index is 4.61. The Morgan fingerprint density at radius 1 is 0.889 bits per heavy atom. The van der Waals surface area contributed by atoms with Crippen molar-refractivity contribution in [1.29, 1.82) is 0 Å².